The van der Waals surface area contributed by atoms with E-state index in [-0.39, 0.29) is 11.6 Å². The van der Waals surface area contributed by atoms with Gasteiger partial charge in [0, 0.05) is 18.4 Å². The first kappa shape index (κ1) is 24.4. The standard InChI is InChI=1S/C25H23N3O6/c1-16-14-17(2)27-23(21(16)28(30)31)34-22(24(29)32-3)25(33-4,19-8-6-5-7-9-19)20-12-10-18(15-26)11-13-20/h5-14,22H,1-4H3. The largest absolute Gasteiger partial charge is 0.466 e. The average molecular weight is 461 g/mol. The molecule has 0 fully saturated rings. The third-order valence-corrected chi connectivity index (χ3v) is 5.44. The van der Waals surface area contributed by atoms with Crippen molar-refractivity contribution in [2.75, 3.05) is 14.2 Å². The average Bonchev–Trinajstić information content (AvgIpc) is 2.84. The molecule has 0 N–H and O–H groups in total. The molecular weight excluding hydrogens is 438 g/mol. The van der Waals surface area contributed by atoms with E-state index in [9.17, 15) is 20.2 Å². The highest BCUT2D eigenvalue weighted by Gasteiger charge is 2.50. The Hall–Kier alpha value is -4.29. The summed E-state index contributed by atoms with van der Waals surface area (Å²) < 4.78 is 17.1. The van der Waals surface area contributed by atoms with Crippen LogP contribution in [0.25, 0.3) is 0 Å². The number of nitriles is 1. The summed E-state index contributed by atoms with van der Waals surface area (Å²) in [5.74, 6) is -1.16. The lowest BCUT2D eigenvalue weighted by atomic mass is 9.80. The molecule has 34 heavy (non-hydrogen) atoms. The van der Waals surface area contributed by atoms with Crippen LogP contribution in [0.5, 0.6) is 5.88 Å². The molecule has 2 aromatic carbocycles. The predicted molar refractivity (Wildman–Crippen MR) is 122 cm³/mol. The van der Waals surface area contributed by atoms with Crippen molar-refractivity contribution in [1.82, 2.24) is 4.98 Å². The lowest BCUT2D eigenvalue weighted by Crippen LogP contribution is -2.51. The Labute approximate surface area is 196 Å². The maximum atomic E-state index is 13.2. The predicted octanol–water partition coefficient (Wildman–Crippen LogP) is 3.99. The lowest BCUT2D eigenvalue weighted by molar-refractivity contribution is -0.387. The van der Waals surface area contributed by atoms with Gasteiger partial charge in [-0.2, -0.15) is 5.26 Å². The molecule has 0 saturated carbocycles. The number of pyridine rings is 1. The minimum atomic E-state index is -1.59. The molecule has 2 unspecified atom stereocenters. The molecule has 9 heteroatoms. The molecule has 0 aliphatic heterocycles. The molecule has 0 spiro atoms. The van der Waals surface area contributed by atoms with Gasteiger partial charge in [-0.1, -0.05) is 42.5 Å². The quantitative estimate of drug-likeness (QED) is 0.280. The molecule has 0 bridgehead atoms. The van der Waals surface area contributed by atoms with Gasteiger partial charge in [-0.25, -0.2) is 9.78 Å². The second-order valence-electron chi connectivity index (χ2n) is 7.51. The second-order valence-corrected chi connectivity index (χ2v) is 7.51. The smallest absolute Gasteiger partial charge is 0.350 e. The van der Waals surface area contributed by atoms with Gasteiger partial charge in [-0.3, -0.25) is 10.1 Å². The van der Waals surface area contributed by atoms with Crippen molar-refractivity contribution in [3.05, 3.63) is 98.7 Å². The van der Waals surface area contributed by atoms with E-state index in [1.165, 1.54) is 14.2 Å². The number of hydrogen-bond donors (Lipinski definition) is 0. The number of carbonyl (C=O) groups is 1. The maximum Gasteiger partial charge on any atom is 0.350 e. The van der Waals surface area contributed by atoms with Crippen molar-refractivity contribution < 1.29 is 23.9 Å². The fourth-order valence-electron chi connectivity index (χ4n) is 3.91. The zero-order valence-corrected chi connectivity index (χ0v) is 19.1. The van der Waals surface area contributed by atoms with Gasteiger partial charge in [0.2, 0.25) is 6.10 Å². The van der Waals surface area contributed by atoms with Crippen molar-refractivity contribution in [3.8, 4) is 11.9 Å². The summed E-state index contributed by atoms with van der Waals surface area (Å²) in [7, 11) is 2.58. The fourth-order valence-corrected chi connectivity index (χ4v) is 3.91. The lowest BCUT2D eigenvalue weighted by Gasteiger charge is -2.38. The molecule has 0 aliphatic carbocycles. The summed E-state index contributed by atoms with van der Waals surface area (Å²) in [6.07, 6.45) is -1.52. The number of nitrogens with zero attached hydrogens (tertiary/aromatic N) is 3. The Balaban J connectivity index is 2.31. The van der Waals surface area contributed by atoms with Crippen LogP contribution in [0.2, 0.25) is 0 Å². The molecule has 9 nitrogen and oxygen atoms in total. The second kappa shape index (κ2) is 10.1. The Kier molecular flexibility index (Phi) is 7.24. The Morgan fingerprint density at radius 2 is 1.71 bits per heavy atom. The van der Waals surface area contributed by atoms with E-state index in [4.69, 9.17) is 14.2 Å². The van der Waals surface area contributed by atoms with Crippen molar-refractivity contribution in [2.45, 2.75) is 25.6 Å². The SMILES string of the molecule is COC(=O)C(Oc1nc(C)cc(C)c1[N+](=O)[O-])C(OC)(c1ccccc1)c1ccc(C#N)cc1. The molecule has 1 heterocycles. The van der Waals surface area contributed by atoms with E-state index in [1.54, 1.807) is 74.5 Å². The topological polar surface area (TPSA) is 125 Å². The van der Waals surface area contributed by atoms with Crippen LogP contribution in [0.4, 0.5) is 5.69 Å². The van der Waals surface area contributed by atoms with Gasteiger partial charge in [0.25, 0.3) is 5.88 Å². The number of carbonyl (C=O) groups excluding carboxylic acids is 1. The van der Waals surface area contributed by atoms with E-state index in [0.29, 0.717) is 27.9 Å². The number of ether oxygens (including phenoxy) is 3. The van der Waals surface area contributed by atoms with E-state index in [0.717, 1.165) is 0 Å². The van der Waals surface area contributed by atoms with Gasteiger partial charge in [0.15, 0.2) is 5.60 Å². The van der Waals surface area contributed by atoms with Crippen molar-refractivity contribution >= 4 is 11.7 Å². The van der Waals surface area contributed by atoms with Crippen LogP contribution in [0, 0.1) is 35.3 Å². The normalized spacial score (nSPS) is 13.3. The Morgan fingerprint density at radius 3 is 2.24 bits per heavy atom. The van der Waals surface area contributed by atoms with Crippen LogP contribution in [0.1, 0.15) is 27.9 Å². The summed E-state index contributed by atoms with van der Waals surface area (Å²) in [6, 6.07) is 18.8. The van der Waals surface area contributed by atoms with Crippen molar-refractivity contribution in [1.29, 1.82) is 5.26 Å². The number of rotatable bonds is 8. The number of aromatic nitrogens is 1. The third-order valence-electron chi connectivity index (χ3n) is 5.44. The van der Waals surface area contributed by atoms with E-state index in [2.05, 4.69) is 11.1 Å². The van der Waals surface area contributed by atoms with Gasteiger partial charge in [0.1, 0.15) is 0 Å². The molecule has 0 saturated heterocycles. The zero-order chi connectivity index (χ0) is 24.9. The van der Waals surface area contributed by atoms with Crippen LogP contribution >= 0.6 is 0 Å². The van der Waals surface area contributed by atoms with E-state index >= 15 is 0 Å². The van der Waals surface area contributed by atoms with E-state index in [1.807, 2.05) is 0 Å². The van der Waals surface area contributed by atoms with Crippen molar-refractivity contribution in [3.63, 3.8) is 0 Å². The molecule has 1 aromatic heterocycles. The molecule has 174 valence electrons. The summed E-state index contributed by atoms with van der Waals surface area (Å²) in [5.41, 5.74) is 0.267. The van der Waals surface area contributed by atoms with E-state index < -0.39 is 22.6 Å². The summed E-state index contributed by atoms with van der Waals surface area (Å²) in [5, 5.41) is 21.0. The molecule has 0 aliphatic rings. The van der Waals surface area contributed by atoms with Crippen LogP contribution in [-0.2, 0) is 19.9 Å². The Bertz CT molecular complexity index is 1240. The molecular formula is C25H23N3O6. The third kappa shape index (κ3) is 4.44. The van der Waals surface area contributed by atoms with Gasteiger partial charge >= 0.3 is 11.7 Å². The Morgan fingerprint density at radius 1 is 1.09 bits per heavy atom. The molecule has 2 atom stereocenters. The van der Waals surface area contributed by atoms with Crippen molar-refractivity contribution in [2.24, 2.45) is 0 Å². The first-order valence-electron chi connectivity index (χ1n) is 10.3. The highest BCUT2D eigenvalue weighted by Crippen LogP contribution is 2.41. The first-order chi connectivity index (χ1) is 16.3. The molecule has 3 rings (SSSR count). The van der Waals surface area contributed by atoms with Gasteiger partial charge < -0.3 is 14.2 Å². The monoisotopic (exact) mass is 461 g/mol. The van der Waals surface area contributed by atoms with Gasteiger partial charge in [-0.05, 0) is 43.2 Å². The number of methoxy groups -OCH3 is 2. The highest BCUT2D eigenvalue weighted by atomic mass is 16.6. The molecule has 0 radical (unpaired) electrons. The number of nitro groups is 1. The summed E-state index contributed by atoms with van der Waals surface area (Å²) in [6.45, 7) is 3.23. The minimum absolute atomic E-state index is 0.330. The molecule has 0 amide bonds. The maximum absolute atomic E-state index is 13.2. The number of esters is 1. The van der Waals surface area contributed by atoms with Crippen LogP contribution in [0.3, 0.4) is 0 Å². The zero-order valence-electron chi connectivity index (χ0n) is 19.1. The minimum Gasteiger partial charge on any atom is -0.466 e. The highest BCUT2D eigenvalue weighted by molar-refractivity contribution is 5.78. The number of benzene rings is 2. The number of aryl methyl sites for hydroxylation is 2. The summed E-state index contributed by atoms with van der Waals surface area (Å²) >= 11 is 0. The first-order valence-corrected chi connectivity index (χ1v) is 10.3. The number of hydrogen-bond acceptors (Lipinski definition) is 8. The summed E-state index contributed by atoms with van der Waals surface area (Å²) in [4.78, 5) is 28.6. The van der Waals surface area contributed by atoms with Crippen LogP contribution in [-0.4, -0.2) is 36.2 Å². The van der Waals surface area contributed by atoms with Gasteiger partial charge in [0.05, 0.1) is 23.7 Å². The van der Waals surface area contributed by atoms with Crippen LogP contribution < -0.4 is 4.74 Å². The fraction of sp³-hybridized carbons (Fsp3) is 0.240. The molecule has 3 aromatic rings. The van der Waals surface area contributed by atoms with Gasteiger partial charge in [-0.15, -0.1) is 0 Å². The van der Waals surface area contributed by atoms with Crippen LogP contribution in [0.15, 0.2) is 60.7 Å².